The molecule has 2 aromatic carbocycles. The summed E-state index contributed by atoms with van der Waals surface area (Å²) in [6.45, 7) is 2.05. The molecule has 0 fully saturated rings. The van der Waals surface area contributed by atoms with E-state index in [2.05, 4.69) is 20.9 Å². The minimum absolute atomic E-state index is 0.209. The van der Waals surface area contributed by atoms with Crippen molar-refractivity contribution in [3.05, 3.63) is 97.4 Å². The summed E-state index contributed by atoms with van der Waals surface area (Å²) >= 11 is 15.3. The highest BCUT2D eigenvalue weighted by Gasteiger charge is 2.49. The Hall–Kier alpha value is -1.95. The van der Waals surface area contributed by atoms with E-state index in [0.29, 0.717) is 31.3 Å². The largest absolute Gasteiger partial charge is 0.319 e. The Bertz CT molecular complexity index is 1070. The molecule has 0 bridgehead atoms. The first-order valence-corrected chi connectivity index (χ1v) is 10.0. The number of halogens is 4. The first-order valence-electron chi connectivity index (χ1n) is 8.48. The Morgan fingerprint density at radius 2 is 1.79 bits per heavy atom. The predicted molar refractivity (Wildman–Crippen MR) is 111 cm³/mol. The van der Waals surface area contributed by atoms with Gasteiger partial charge in [0.1, 0.15) is 5.82 Å². The van der Waals surface area contributed by atoms with Crippen LogP contribution in [0.4, 0.5) is 4.39 Å². The van der Waals surface area contributed by atoms with Gasteiger partial charge in [0, 0.05) is 26.8 Å². The van der Waals surface area contributed by atoms with Gasteiger partial charge in [0.2, 0.25) is 0 Å². The Kier molecular flexibility index (Phi) is 4.94. The van der Waals surface area contributed by atoms with E-state index in [0.717, 1.165) is 5.56 Å². The normalized spacial score (nSPS) is 18.5. The maximum atomic E-state index is 15.1. The monoisotopic (exact) mass is 478 g/mol. The van der Waals surface area contributed by atoms with Crippen LogP contribution < -0.4 is 0 Å². The fourth-order valence-corrected chi connectivity index (χ4v) is 4.35. The zero-order valence-electron chi connectivity index (χ0n) is 14.7. The Morgan fingerprint density at radius 3 is 2.43 bits per heavy atom. The van der Waals surface area contributed by atoms with E-state index in [1.165, 1.54) is 12.3 Å². The van der Waals surface area contributed by atoms with Crippen LogP contribution in [0.25, 0.3) is 0 Å². The lowest BCUT2D eigenvalue weighted by Crippen LogP contribution is -2.42. The number of rotatable bonds is 3. The van der Waals surface area contributed by atoms with E-state index in [-0.39, 0.29) is 12.5 Å². The van der Waals surface area contributed by atoms with Gasteiger partial charge in [-0.05, 0) is 48.9 Å². The van der Waals surface area contributed by atoms with Crippen molar-refractivity contribution in [3.63, 3.8) is 0 Å². The first-order chi connectivity index (χ1) is 13.3. The molecule has 0 N–H and O–H groups in total. The number of benzene rings is 2. The maximum Gasteiger partial charge on any atom is 0.255 e. The third-order valence-electron chi connectivity index (χ3n) is 5.07. The second-order valence-electron chi connectivity index (χ2n) is 6.75. The molecule has 1 aromatic heterocycles. The van der Waals surface area contributed by atoms with E-state index < -0.39 is 11.4 Å². The molecule has 0 saturated heterocycles. The molecule has 1 aliphatic rings. The predicted octanol–water partition coefficient (Wildman–Crippen LogP) is 6.21. The first kappa shape index (κ1) is 19.4. The highest BCUT2D eigenvalue weighted by molar-refractivity contribution is 9.10. The minimum Gasteiger partial charge on any atom is -0.319 e. The van der Waals surface area contributed by atoms with Crippen molar-refractivity contribution in [2.75, 3.05) is 0 Å². The zero-order chi connectivity index (χ0) is 20.1. The number of amides is 1. The summed E-state index contributed by atoms with van der Waals surface area (Å²) in [7, 11) is 0. The summed E-state index contributed by atoms with van der Waals surface area (Å²) in [5.41, 5.74) is 1.09. The number of fused-ring (bicyclic) bond motifs is 1. The fraction of sp³-hybridized carbons (Fsp3) is 0.143. The lowest BCUT2D eigenvalue weighted by atomic mass is 9.84. The van der Waals surface area contributed by atoms with Gasteiger partial charge >= 0.3 is 0 Å². The van der Waals surface area contributed by atoms with Gasteiger partial charge in [-0.3, -0.25) is 9.78 Å². The number of pyridine rings is 1. The van der Waals surface area contributed by atoms with Gasteiger partial charge in [0.15, 0.2) is 0 Å². The molecule has 1 aliphatic heterocycles. The van der Waals surface area contributed by atoms with Crippen molar-refractivity contribution in [1.29, 1.82) is 0 Å². The molecule has 1 atom stereocenters. The van der Waals surface area contributed by atoms with Gasteiger partial charge in [0.05, 0.1) is 22.8 Å². The van der Waals surface area contributed by atoms with Gasteiger partial charge in [-0.1, -0.05) is 51.3 Å². The van der Waals surface area contributed by atoms with Crippen LogP contribution >= 0.6 is 39.1 Å². The molecular weight excluding hydrogens is 466 g/mol. The smallest absolute Gasteiger partial charge is 0.255 e. The summed E-state index contributed by atoms with van der Waals surface area (Å²) in [6.07, 6.45) is 1.53. The SMILES string of the molecule is C[C@]1(c2ccc(Cl)cc2)c2c(F)cc(Br)cc2C(=O)N1Cc1ccc(Cl)cn1. The molecule has 7 heteroatoms. The Balaban J connectivity index is 1.90. The average molecular weight is 480 g/mol. The van der Waals surface area contributed by atoms with E-state index in [1.807, 2.05) is 19.1 Å². The summed E-state index contributed by atoms with van der Waals surface area (Å²) in [5, 5.41) is 1.08. The van der Waals surface area contributed by atoms with Crippen molar-refractivity contribution in [2.45, 2.75) is 19.0 Å². The van der Waals surface area contributed by atoms with Gasteiger partial charge in [-0.25, -0.2) is 4.39 Å². The minimum atomic E-state index is -1.01. The van der Waals surface area contributed by atoms with Crippen molar-refractivity contribution < 1.29 is 9.18 Å². The second kappa shape index (κ2) is 7.14. The van der Waals surface area contributed by atoms with Crippen LogP contribution in [0, 0.1) is 5.82 Å². The lowest BCUT2D eigenvalue weighted by molar-refractivity contribution is 0.0624. The summed E-state index contributed by atoms with van der Waals surface area (Å²) in [6, 6.07) is 13.6. The molecule has 4 rings (SSSR count). The fourth-order valence-electron chi connectivity index (χ4n) is 3.69. The molecule has 0 saturated carbocycles. The van der Waals surface area contributed by atoms with Crippen LogP contribution in [0.15, 0.2) is 59.2 Å². The lowest BCUT2D eigenvalue weighted by Gasteiger charge is -2.36. The van der Waals surface area contributed by atoms with Gasteiger partial charge < -0.3 is 4.90 Å². The number of aromatic nitrogens is 1. The molecule has 0 unspecified atom stereocenters. The quantitative estimate of drug-likeness (QED) is 0.447. The van der Waals surface area contributed by atoms with Gasteiger partial charge in [0.25, 0.3) is 5.91 Å². The molecule has 0 aliphatic carbocycles. The Labute approximate surface area is 180 Å². The molecule has 1 amide bonds. The molecule has 2 heterocycles. The number of hydrogen-bond acceptors (Lipinski definition) is 2. The highest BCUT2D eigenvalue weighted by Crippen LogP contribution is 2.47. The highest BCUT2D eigenvalue weighted by atomic mass is 79.9. The van der Waals surface area contributed by atoms with E-state index in [1.54, 1.807) is 35.2 Å². The summed E-state index contributed by atoms with van der Waals surface area (Å²) in [4.78, 5) is 19.2. The second-order valence-corrected chi connectivity index (χ2v) is 8.54. The third kappa shape index (κ3) is 3.11. The van der Waals surface area contributed by atoms with Crippen molar-refractivity contribution in [1.82, 2.24) is 9.88 Å². The third-order valence-corrected chi connectivity index (χ3v) is 6.01. The van der Waals surface area contributed by atoms with E-state index in [9.17, 15) is 4.79 Å². The van der Waals surface area contributed by atoms with Crippen molar-refractivity contribution >= 4 is 45.0 Å². The number of carbonyl (C=O) groups is 1. The molecule has 0 radical (unpaired) electrons. The van der Waals surface area contributed by atoms with Gasteiger partial charge in [-0.2, -0.15) is 0 Å². The molecule has 28 heavy (non-hydrogen) atoms. The van der Waals surface area contributed by atoms with Crippen LogP contribution in [0.5, 0.6) is 0 Å². The average Bonchev–Trinajstić information content (AvgIpc) is 2.86. The van der Waals surface area contributed by atoms with Crippen LogP contribution in [0.3, 0.4) is 0 Å². The number of hydrogen-bond donors (Lipinski definition) is 0. The number of nitrogens with zero attached hydrogens (tertiary/aromatic N) is 2. The molecule has 0 spiro atoms. The molecule has 3 nitrogen and oxygen atoms in total. The van der Waals surface area contributed by atoms with Crippen LogP contribution in [0.1, 0.15) is 34.1 Å². The zero-order valence-corrected chi connectivity index (χ0v) is 17.8. The van der Waals surface area contributed by atoms with E-state index in [4.69, 9.17) is 23.2 Å². The maximum absolute atomic E-state index is 15.1. The van der Waals surface area contributed by atoms with Gasteiger partial charge in [-0.15, -0.1) is 0 Å². The topological polar surface area (TPSA) is 33.2 Å². The van der Waals surface area contributed by atoms with Crippen LogP contribution in [-0.2, 0) is 12.1 Å². The van der Waals surface area contributed by atoms with Crippen molar-refractivity contribution in [3.8, 4) is 0 Å². The molecule has 142 valence electrons. The number of carbonyl (C=O) groups excluding carboxylic acids is 1. The molecular formula is C21H14BrCl2FN2O. The standard InChI is InChI=1S/C21H14BrCl2FN2O/c1-21(12-2-4-14(23)5-3-12)19-17(8-13(22)9-18(19)25)20(28)27(21)11-16-7-6-15(24)10-26-16/h2-10H,11H2,1H3/t21-/m0/s1. The summed E-state index contributed by atoms with van der Waals surface area (Å²) in [5.74, 6) is -0.703. The van der Waals surface area contributed by atoms with E-state index >= 15 is 4.39 Å². The van der Waals surface area contributed by atoms with Crippen LogP contribution in [-0.4, -0.2) is 15.8 Å². The van der Waals surface area contributed by atoms with Crippen LogP contribution in [0.2, 0.25) is 10.0 Å². The van der Waals surface area contributed by atoms with Crippen molar-refractivity contribution in [2.24, 2.45) is 0 Å². The summed E-state index contributed by atoms with van der Waals surface area (Å²) < 4.78 is 15.6. The Morgan fingerprint density at radius 1 is 1.11 bits per heavy atom. The molecule has 3 aromatic rings.